The van der Waals surface area contributed by atoms with Gasteiger partial charge in [0, 0.05) is 7.05 Å². The molecular formula is C13H15N3O4. The van der Waals surface area contributed by atoms with Crippen LogP contribution in [0.1, 0.15) is 0 Å². The first-order valence-electron chi connectivity index (χ1n) is 6.01. The maximum absolute atomic E-state index is 11.9. The van der Waals surface area contributed by atoms with Crippen molar-refractivity contribution < 1.29 is 19.1 Å². The smallest absolute Gasteiger partial charge is 0.327 e. The van der Waals surface area contributed by atoms with E-state index in [1.807, 2.05) is 0 Å². The van der Waals surface area contributed by atoms with Gasteiger partial charge in [0.2, 0.25) is 5.91 Å². The van der Waals surface area contributed by atoms with Crippen LogP contribution in [0.2, 0.25) is 0 Å². The second-order valence-corrected chi connectivity index (χ2v) is 4.37. The van der Waals surface area contributed by atoms with E-state index in [-0.39, 0.29) is 19.0 Å². The molecule has 1 saturated heterocycles. The molecule has 0 bridgehead atoms. The third-order valence-corrected chi connectivity index (χ3v) is 2.91. The normalized spacial score (nSPS) is 14.7. The van der Waals surface area contributed by atoms with Crippen LogP contribution in [0.4, 0.5) is 10.5 Å². The summed E-state index contributed by atoms with van der Waals surface area (Å²) in [6, 6.07) is 6.44. The molecule has 1 fully saturated rings. The molecular weight excluding hydrogens is 262 g/mol. The average molecular weight is 277 g/mol. The Hall–Kier alpha value is -2.57. The first-order valence-corrected chi connectivity index (χ1v) is 6.01. The Labute approximate surface area is 116 Å². The molecule has 0 unspecified atom stereocenters. The topological polar surface area (TPSA) is 79.0 Å². The maximum Gasteiger partial charge on any atom is 0.327 e. The second kappa shape index (κ2) is 5.60. The summed E-state index contributed by atoms with van der Waals surface area (Å²) < 4.78 is 5.11. The van der Waals surface area contributed by atoms with Crippen LogP contribution < -0.4 is 10.1 Å². The van der Waals surface area contributed by atoms with Gasteiger partial charge in [-0.1, -0.05) is 12.1 Å². The quantitative estimate of drug-likeness (QED) is 0.814. The highest BCUT2D eigenvalue weighted by Crippen LogP contribution is 2.23. The number of rotatable bonds is 4. The number of imide groups is 1. The summed E-state index contributed by atoms with van der Waals surface area (Å²) in [5.74, 6) is -0.323. The van der Waals surface area contributed by atoms with Crippen LogP contribution in [0.5, 0.6) is 5.75 Å². The summed E-state index contributed by atoms with van der Waals surface area (Å²) in [5.41, 5.74) is 0.493. The van der Waals surface area contributed by atoms with Gasteiger partial charge in [0.15, 0.2) is 0 Å². The Morgan fingerprint density at radius 1 is 1.35 bits per heavy atom. The molecule has 1 aliphatic heterocycles. The summed E-state index contributed by atoms with van der Waals surface area (Å²) in [5, 5.41) is 2.62. The van der Waals surface area contributed by atoms with Gasteiger partial charge < -0.3 is 15.0 Å². The van der Waals surface area contributed by atoms with Crippen molar-refractivity contribution in [2.24, 2.45) is 0 Å². The number of para-hydroxylation sites is 2. The fourth-order valence-corrected chi connectivity index (χ4v) is 1.91. The minimum absolute atomic E-state index is 0.000765. The maximum atomic E-state index is 11.9. The van der Waals surface area contributed by atoms with E-state index < -0.39 is 11.9 Å². The van der Waals surface area contributed by atoms with Crippen molar-refractivity contribution in [1.82, 2.24) is 9.80 Å². The molecule has 1 aromatic rings. The predicted octanol–water partition coefficient (Wildman–Crippen LogP) is 0.528. The van der Waals surface area contributed by atoms with Gasteiger partial charge in [-0.2, -0.15) is 0 Å². The lowest BCUT2D eigenvalue weighted by atomic mass is 10.3. The van der Waals surface area contributed by atoms with Gasteiger partial charge in [-0.15, -0.1) is 0 Å². The van der Waals surface area contributed by atoms with Crippen molar-refractivity contribution in [3.05, 3.63) is 24.3 Å². The third-order valence-electron chi connectivity index (χ3n) is 2.91. The lowest BCUT2D eigenvalue weighted by Crippen LogP contribution is -2.38. The number of nitrogens with one attached hydrogen (secondary N) is 1. The summed E-state index contributed by atoms with van der Waals surface area (Å²) >= 11 is 0. The van der Waals surface area contributed by atoms with Crippen molar-refractivity contribution in [2.45, 2.75) is 0 Å². The summed E-state index contributed by atoms with van der Waals surface area (Å²) in [7, 11) is 3.01. The molecule has 2 rings (SSSR count). The van der Waals surface area contributed by atoms with Crippen molar-refractivity contribution in [2.75, 3.05) is 32.6 Å². The summed E-state index contributed by atoms with van der Waals surface area (Å²) in [6.07, 6.45) is 0. The van der Waals surface area contributed by atoms with E-state index in [1.54, 1.807) is 24.3 Å². The van der Waals surface area contributed by atoms with Crippen LogP contribution in [0.15, 0.2) is 24.3 Å². The van der Waals surface area contributed by atoms with Crippen LogP contribution in [0.25, 0.3) is 0 Å². The van der Waals surface area contributed by atoms with E-state index >= 15 is 0 Å². The van der Waals surface area contributed by atoms with Gasteiger partial charge in [0.25, 0.3) is 5.91 Å². The zero-order valence-electron chi connectivity index (χ0n) is 11.3. The number of carbonyl (C=O) groups excluding carboxylic acids is 3. The standard InChI is InChI=1S/C13H15N3O4/c1-15-8-12(18)16(13(15)19)7-11(17)14-9-5-3-4-6-10(9)20-2/h3-6H,7-8H2,1-2H3,(H,14,17). The van der Waals surface area contributed by atoms with E-state index in [0.717, 1.165) is 4.90 Å². The molecule has 0 aromatic heterocycles. The van der Waals surface area contributed by atoms with E-state index in [4.69, 9.17) is 4.74 Å². The highest BCUT2D eigenvalue weighted by atomic mass is 16.5. The number of methoxy groups -OCH3 is 1. The van der Waals surface area contributed by atoms with Crippen LogP contribution in [0.3, 0.4) is 0 Å². The SMILES string of the molecule is COc1ccccc1NC(=O)CN1C(=O)CN(C)C1=O. The summed E-state index contributed by atoms with van der Waals surface area (Å²) in [6.45, 7) is -0.305. The minimum atomic E-state index is -0.467. The highest BCUT2D eigenvalue weighted by Gasteiger charge is 2.34. The van der Waals surface area contributed by atoms with Crippen LogP contribution in [-0.2, 0) is 9.59 Å². The van der Waals surface area contributed by atoms with E-state index in [2.05, 4.69) is 5.32 Å². The van der Waals surface area contributed by atoms with Gasteiger partial charge in [-0.3, -0.25) is 14.5 Å². The Balaban J connectivity index is 2.03. The van der Waals surface area contributed by atoms with Crippen LogP contribution in [-0.4, -0.2) is 54.9 Å². The van der Waals surface area contributed by atoms with Crippen LogP contribution in [0, 0.1) is 0 Å². The second-order valence-electron chi connectivity index (χ2n) is 4.37. The molecule has 1 N–H and O–H groups in total. The number of nitrogens with zero attached hydrogens (tertiary/aromatic N) is 2. The first kappa shape index (κ1) is 13.9. The molecule has 4 amide bonds. The Morgan fingerprint density at radius 2 is 2.05 bits per heavy atom. The molecule has 1 heterocycles. The number of hydrogen-bond donors (Lipinski definition) is 1. The molecule has 0 atom stereocenters. The number of benzene rings is 1. The van der Waals surface area contributed by atoms with Gasteiger partial charge in [-0.25, -0.2) is 4.79 Å². The molecule has 0 saturated carbocycles. The minimum Gasteiger partial charge on any atom is -0.495 e. The van der Waals surface area contributed by atoms with E-state index in [1.165, 1.54) is 19.1 Å². The lowest BCUT2D eigenvalue weighted by Gasteiger charge is -2.15. The molecule has 7 nitrogen and oxygen atoms in total. The largest absolute Gasteiger partial charge is 0.495 e. The number of urea groups is 1. The zero-order valence-corrected chi connectivity index (χ0v) is 11.3. The number of ether oxygens (including phenoxy) is 1. The zero-order chi connectivity index (χ0) is 14.7. The molecule has 0 aliphatic carbocycles. The van der Waals surface area contributed by atoms with Gasteiger partial charge in [0.1, 0.15) is 18.8 Å². The molecule has 1 aromatic carbocycles. The Bertz CT molecular complexity index is 558. The van der Waals surface area contributed by atoms with Gasteiger partial charge in [-0.05, 0) is 12.1 Å². The Kier molecular flexibility index (Phi) is 3.88. The molecule has 0 spiro atoms. The summed E-state index contributed by atoms with van der Waals surface area (Å²) in [4.78, 5) is 37.3. The fraction of sp³-hybridized carbons (Fsp3) is 0.308. The molecule has 106 valence electrons. The number of anilines is 1. The van der Waals surface area contributed by atoms with Crippen molar-refractivity contribution in [1.29, 1.82) is 0 Å². The van der Waals surface area contributed by atoms with Gasteiger partial charge >= 0.3 is 6.03 Å². The predicted molar refractivity (Wildman–Crippen MR) is 71.4 cm³/mol. The average Bonchev–Trinajstić information content (AvgIpc) is 2.66. The highest BCUT2D eigenvalue weighted by molar-refractivity contribution is 6.06. The van der Waals surface area contributed by atoms with Crippen LogP contribution >= 0.6 is 0 Å². The van der Waals surface area contributed by atoms with Crippen molar-refractivity contribution >= 4 is 23.5 Å². The first-order chi connectivity index (χ1) is 9.52. The van der Waals surface area contributed by atoms with E-state index in [9.17, 15) is 14.4 Å². The van der Waals surface area contributed by atoms with Gasteiger partial charge in [0.05, 0.1) is 12.8 Å². The number of carbonyl (C=O) groups is 3. The lowest BCUT2D eigenvalue weighted by molar-refractivity contribution is -0.129. The molecule has 7 heteroatoms. The number of amides is 4. The molecule has 1 aliphatic rings. The third kappa shape index (κ3) is 2.71. The molecule has 0 radical (unpaired) electrons. The number of hydrogen-bond acceptors (Lipinski definition) is 4. The van der Waals surface area contributed by atoms with E-state index in [0.29, 0.717) is 11.4 Å². The van der Waals surface area contributed by atoms with Crippen molar-refractivity contribution in [3.8, 4) is 5.75 Å². The van der Waals surface area contributed by atoms with Crippen molar-refractivity contribution in [3.63, 3.8) is 0 Å². The fourth-order valence-electron chi connectivity index (χ4n) is 1.91. The monoisotopic (exact) mass is 277 g/mol. The molecule has 20 heavy (non-hydrogen) atoms. The Morgan fingerprint density at radius 3 is 2.65 bits per heavy atom. The number of likely N-dealkylation sites (N-methyl/N-ethyl adjacent to an activating group) is 1.